The third-order valence-corrected chi connectivity index (χ3v) is 4.72. The van der Waals surface area contributed by atoms with Gasteiger partial charge in [0.1, 0.15) is 0 Å². The largest absolute Gasteiger partial charge is 0.748 e. The van der Waals surface area contributed by atoms with E-state index in [1.165, 1.54) is 64.3 Å². The van der Waals surface area contributed by atoms with E-state index in [-0.39, 0.29) is 5.75 Å². The van der Waals surface area contributed by atoms with E-state index in [0.29, 0.717) is 6.42 Å². The molecule has 0 spiro atoms. The standard InChI is InChI=1S/C12H26O3S.C7H18N/c1-2-3-4-5-6-7-8-9-10-11-12-16(13,14)15;1-5-6-7-8(2,3)4/h2-12H2,1H3,(H,13,14,15);5-7H2,1-4H3/q;+1/p-1. The normalized spacial score (nSPS) is 11.9. The molecule has 0 aromatic carbocycles. The summed E-state index contributed by atoms with van der Waals surface area (Å²) in [6.07, 6.45) is 14.1. The van der Waals surface area contributed by atoms with Crippen molar-refractivity contribution in [2.45, 2.75) is 90.9 Å². The lowest BCUT2D eigenvalue weighted by Gasteiger charge is -2.23. The molecule has 0 aromatic heterocycles. The Labute approximate surface area is 152 Å². The Morgan fingerprint density at radius 2 is 1.04 bits per heavy atom. The Bertz CT molecular complexity index is 348. The average molecular weight is 366 g/mol. The number of quaternary nitrogens is 1. The quantitative estimate of drug-likeness (QED) is 0.249. The third kappa shape index (κ3) is 29.8. The molecule has 0 saturated carbocycles. The molecule has 0 aliphatic carbocycles. The van der Waals surface area contributed by atoms with Gasteiger partial charge in [0.05, 0.1) is 37.8 Å². The van der Waals surface area contributed by atoms with Gasteiger partial charge >= 0.3 is 0 Å². The van der Waals surface area contributed by atoms with Crippen LogP contribution in [0.4, 0.5) is 0 Å². The summed E-state index contributed by atoms with van der Waals surface area (Å²) in [5.74, 6) is -0.191. The summed E-state index contributed by atoms with van der Waals surface area (Å²) in [5.41, 5.74) is 0. The lowest BCUT2D eigenvalue weighted by Crippen LogP contribution is -2.35. The van der Waals surface area contributed by atoms with Crippen LogP contribution in [0, 0.1) is 0 Å². The van der Waals surface area contributed by atoms with Gasteiger partial charge in [0, 0.05) is 5.75 Å². The van der Waals surface area contributed by atoms with E-state index in [1.807, 2.05) is 0 Å². The van der Waals surface area contributed by atoms with Crippen LogP contribution in [-0.2, 0) is 10.1 Å². The van der Waals surface area contributed by atoms with Crippen LogP contribution in [0.5, 0.6) is 0 Å². The molecule has 5 heteroatoms. The first-order chi connectivity index (χ1) is 11.1. The molecule has 24 heavy (non-hydrogen) atoms. The van der Waals surface area contributed by atoms with Crippen molar-refractivity contribution < 1.29 is 17.5 Å². The Hall–Kier alpha value is -0.130. The second-order valence-corrected chi connectivity index (χ2v) is 9.33. The topological polar surface area (TPSA) is 57.2 Å². The van der Waals surface area contributed by atoms with Gasteiger partial charge in [-0.1, -0.05) is 78.1 Å². The predicted octanol–water partition coefficient (Wildman–Crippen LogP) is 4.95. The Morgan fingerprint density at radius 3 is 1.33 bits per heavy atom. The van der Waals surface area contributed by atoms with E-state index in [9.17, 15) is 13.0 Å². The zero-order valence-electron chi connectivity index (χ0n) is 17.0. The average Bonchev–Trinajstić information content (AvgIpc) is 2.46. The van der Waals surface area contributed by atoms with Gasteiger partial charge in [0.25, 0.3) is 0 Å². The van der Waals surface area contributed by atoms with Crippen LogP contribution < -0.4 is 0 Å². The summed E-state index contributed by atoms with van der Waals surface area (Å²) in [5, 5.41) is 0. The molecule has 0 aliphatic rings. The SMILES string of the molecule is CCCCCCCCCCCCS(=O)(=O)[O-].CCCC[N+](C)(C)C. The maximum atomic E-state index is 10.3. The smallest absolute Gasteiger partial charge is 0.0945 e. The predicted molar refractivity (Wildman–Crippen MR) is 104 cm³/mol. The second-order valence-electron chi connectivity index (χ2n) is 7.81. The fourth-order valence-corrected chi connectivity index (χ4v) is 2.96. The van der Waals surface area contributed by atoms with Crippen LogP contribution >= 0.6 is 0 Å². The third-order valence-electron chi connectivity index (χ3n) is 3.93. The molecule has 0 bridgehead atoms. The highest BCUT2D eigenvalue weighted by Crippen LogP contribution is 2.10. The highest BCUT2D eigenvalue weighted by molar-refractivity contribution is 7.85. The Kier molecular flexibility index (Phi) is 17.8. The first-order valence-corrected chi connectivity index (χ1v) is 11.4. The molecule has 0 aliphatic heterocycles. The van der Waals surface area contributed by atoms with E-state index in [2.05, 4.69) is 35.0 Å². The van der Waals surface area contributed by atoms with E-state index in [1.54, 1.807) is 0 Å². The Morgan fingerprint density at radius 1 is 0.667 bits per heavy atom. The van der Waals surface area contributed by atoms with Crippen molar-refractivity contribution in [1.29, 1.82) is 0 Å². The summed E-state index contributed by atoms with van der Waals surface area (Å²) < 4.78 is 32.0. The van der Waals surface area contributed by atoms with E-state index < -0.39 is 10.1 Å². The molecular weight excluding hydrogens is 322 g/mol. The van der Waals surface area contributed by atoms with Crippen molar-refractivity contribution in [3.05, 3.63) is 0 Å². The van der Waals surface area contributed by atoms with E-state index in [4.69, 9.17) is 0 Å². The molecule has 0 rings (SSSR count). The van der Waals surface area contributed by atoms with Gasteiger partial charge in [0.15, 0.2) is 0 Å². The van der Waals surface area contributed by atoms with Crippen LogP contribution in [0.2, 0.25) is 0 Å². The molecule has 0 aromatic rings. The molecule has 0 fully saturated rings. The molecule has 0 amide bonds. The summed E-state index contributed by atoms with van der Waals surface area (Å²) in [4.78, 5) is 0. The van der Waals surface area contributed by atoms with E-state index >= 15 is 0 Å². The highest BCUT2D eigenvalue weighted by Gasteiger charge is 2.03. The maximum absolute atomic E-state index is 10.3. The molecule has 0 atom stereocenters. The summed E-state index contributed by atoms with van der Waals surface area (Å²) in [6, 6.07) is 0. The van der Waals surface area contributed by atoms with Gasteiger partial charge in [-0.25, -0.2) is 8.42 Å². The van der Waals surface area contributed by atoms with Gasteiger partial charge in [-0.2, -0.15) is 0 Å². The Balaban J connectivity index is 0. The fraction of sp³-hybridized carbons (Fsp3) is 1.00. The van der Waals surface area contributed by atoms with Gasteiger partial charge in [0.2, 0.25) is 0 Å². The number of rotatable bonds is 14. The van der Waals surface area contributed by atoms with E-state index in [0.717, 1.165) is 17.3 Å². The maximum Gasteiger partial charge on any atom is 0.0945 e. The molecule has 0 unspecified atom stereocenters. The molecule has 0 heterocycles. The summed E-state index contributed by atoms with van der Waals surface area (Å²) in [6.45, 7) is 5.75. The van der Waals surface area contributed by atoms with Crippen molar-refractivity contribution in [3.63, 3.8) is 0 Å². The monoisotopic (exact) mass is 365 g/mol. The minimum atomic E-state index is -3.98. The molecule has 148 valence electrons. The number of hydrogen-bond acceptors (Lipinski definition) is 3. The number of unbranched alkanes of at least 4 members (excludes halogenated alkanes) is 10. The highest BCUT2D eigenvalue weighted by atomic mass is 32.2. The number of nitrogens with zero attached hydrogens (tertiary/aromatic N) is 1. The number of hydrogen-bond donors (Lipinski definition) is 0. The van der Waals surface area contributed by atoms with Gasteiger partial charge in [-0.05, 0) is 12.8 Å². The minimum Gasteiger partial charge on any atom is -0.748 e. The van der Waals surface area contributed by atoms with Crippen molar-refractivity contribution in [1.82, 2.24) is 0 Å². The van der Waals surface area contributed by atoms with Crippen molar-refractivity contribution in [2.75, 3.05) is 33.4 Å². The molecule has 4 nitrogen and oxygen atoms in total. The summed E-state index contributed by atoms with van der Waals surface area (Å²) >= 11 is 0. The molecular formula is C19H43NO3S. The van der Waals surface area contributed by atoms with Crippen LogP contribution in [0.1, 0.15) is 90.9 Å². The lowest BCUT2D eigenvalue weighted by molar-refractivity contribution is -0.870. The van der Waals surface area contributed by atoms with Crippen molar-refractivity contribution in [2.24, 2.45) is 0 Å². The van der Waals surface area contributed by atoms with Gasteiger partial charge < -0.3 is 9.04 Å². The zero-order chi connectivity index (χ0) is 18.9. The van der Waals surface area contributed by atoms with Gasteiger partial charge in [-0.3, -0.25) is 0 Å². The molecule has 0 radical (unpaired) electrons. The minimum absolute atomic E-state index is 0.191. The van der Waals surface area contributed by atoms with Crippen LogP contribution in [0.15, 0.2) is 0 Å². The van der Waals surface area contributed by atoms with Crippen molar-refractivity contribution in [3.8, 4) is 0 Å². The first-order valence-electron chi connectivity index (χ1n) is 9.86. The van der Waals surface area contributed by atoms with Gasteiger partial charge in [-0.15, -0.1) is 0 Å². The van der Waals surface area contributed by atoms with Crippen LogP contribution in [-0.4, -0.2) is 50.9 Å². The first kappa shape index (κ1) is 26.1. The van der Waals surface area contributed by atoms with Crippen molar-refractivity contribution >= 4 is 10.1 Å². The zero-order valence-corrected chi connectivity index (χ0v) is 17.8. The van der Waals surface area contributed by atoms with Crippen LogP contribution in [0.25, 0.3) is 0 Å². The molecule has 0 N–H and O–H groups in total. The van der Waals surface area contributed by atoms with Crippen LogP contribution in [0.3, 0.4) is 0 Å². The fourth-order valence-electron chi connectivity index (χ4n) is 2.40. The summed E-state index contributed by atoms with van der Waals surface area (Å²) in [7, 11) is 2.71. The lowest BCUT2D eigenvalue weighted by atomic mass is 10.1. The molecule has 0 saturated heterocycles. The second kappa shape index (κ2) is 16.3.